The molecule has 0 spiro atoms. The molecule has 5 aromatic rings. The number of aromatic nitrogens is 2. The average Bonchev–Trinajstić information content (AvgIpc) is 3.82. The highest BCUT2D eigenvalue weighted by Crippen LogP contribution is 2.42. The third-order valence-electron chi connectivity index (χ3n) is 11.2. The van der Waals surface area contributed by atoms with Crippen LogP contribution in [-0.4, -0.2) is 92.0 Å². The lowest BCUT2D eigenvalue weighted by molar-refractivity contribution is 0.0779. The number of anilines is 1. The Labute approximate surface area is 325 Å². The van der Waals surface area contributed by atoms with Crippen molar-refractivity contribution < 1.29 is 36.9 Å². The summed E-state index contributed by atoms with van der Waals surface area (Å²) in [5.41, 5.74) is 2.48. The van der Waals surface area contributed by atoms with Crippen molar-refractivity contribution in [1.82, 2.24) is 19.4 Å². The number of halogens is 3. The number of carbonyl (C=O) groups excluding carboxylic acids is 1. The number of rotatable bonds is 15. The topological polar surface area (TPSA) is 90.3 Å². The number of aryl methyl sites for hydroxylation is 1. The summed E-state index contributed by atoms with van der Waals surface area (Å²) in [7, 11) is 4.51. The van der Waals surface area contributed by atoms with Crippen molar-refractivity contribution >= 4 is 22.9 Å². The number of amides is 1. The molecule has 1 amide bonds. The van der Waals surface area contributed by atoms with E-state index >= 15 is 0 Å². The van der Waals surface area contributed by atoms with Gasteiger partial charge in [0.15, 0.2) is 23.1 Å². The Kier molecular flexibility index (Phi) is 11.9. The number of hydrogen-bond acceptors (Lipinski definition) is 8. The second kappa shape index (κ2) is 17.2. The molecule has 4 aromatic carbocycles. The van der Waals surface area contributed by atoms with Gasteiger partial charge in [0.1, 0.15) is 11.6 Å². The van der Waals surface area contributed by atoms with Gasteiger partial charge in [0.25, 0.3) is 5.91 Å². The van der Waals surface area contributed by atoms with Crippen LogP contribution in [0.1, 0.15) is 48.0 Å². The molecule has 7 rings (SSSR count). The molecule has 2 aliphatic heterocycles. The maximum Gasteiger partial charge on any atom is 0.254 e. The summed E-state index contributed by atoms with van der Waals surface area (Å²) in [6.07, 6.45) is 3.83. The quantitative estimate of drug-likeness (QED) is 0.108. The van der Waals surface area contributed by atoms with Gasteiger partial charge in [0.05, 0.1) is 39.0 Å². The maximum atomic E-state index is 14.7. The number of fused-ring (bicyclic) bond motifs is 1. The van der Waals surface area contributed by atoms with E-state index in [1.54, 1.807) is 35.2 Å². The van der Waals surface area contributed by atoms with Crippen LogP contribution in [0.2, 0.25) is 0 Å². The predicted molar refractivity (Wildman–Crippen MR) is 209 cm³/mol. The summed E-state index contributed by atoms with van der Waals surface area (Å²) < 4.78 is 66.6. The third-order valence-corrected chi connectivity index (χ3v) is 11.2. The molecule has 10 nitrogen and oxygen atoms in total. The van der Waals surface area contributed by atoms with Gasteiger partial charge in [-0.15, -0.1) is 0 Å². The average molecular weight is 772 g/mol. The monoisotopic (exact) mass is 771 g/mol. The SMILES string of the molecule is COc1cc(C(=O)N2CCC(CCN3CCC(Nc4nc5ccccc5n4CCCOc4ccc(F)cc4)CC3)(c3ccc(F)c(F)c3)C2)cc(OC)c1OC. The van der Waals surface area contributed by atoms with Gasteiger partial charge < -0.3 is 38.6 Å². The van der Waals surface area contributed by atoms with E-state index in [-0.39, 0.29) is 17.8 Å². The highest BCUT2D eigenvalue weighted by atomic mass is 19.2. The second-order valence-electron chi connectivity index (χ2n) is 14.5. The van der Waals surface area contributed by atoms with Gasteiger partial charge in [-0.05, 0) is 105 Å². The molecule has 1 atom stereocenters. The van der Waals surface area contributed by atoms with Crippen molar-refractivity contribution in [2.45, 2.75) is 50.1 Å². The first-order valence-corrected chi connectivity index (χ1v) is 19.1. The molecule has 2 fully saturated rings. The van der Waals surface area contributed by atoms with Crippen LogP contribution in [0, 0.1) is 17.5 Å². The molecule has 56 heavy (non-hydrogen) atoms. The van der Waals surface area contributed by atoms with E-state index < -0.39 is 17.0 Å². The number of hydrogen-bond donors (Lipinski definition) is 1. The van der Waals surface area contributed by atoms with Crippen molar-refractivity contribution in [3.05, 3.63) is 107 Å². The van der Waals surface area contributed by atoms with Crippen molar-refractivity contribution in [2.24, 2.45) is 0 Å². The number of ether oxygens (including phenoxy) is 4. The van der Waals surface area contributed by atoms with Gasteiger partial charge in [-0.1, -0.05) is 18.2 Å². The van der Waals surface area contributed by atoms with E-state index in [4.69, 9.17) is 23.9 Å². The van der Waals surface area contributed by atoms with E-state index in [1.807, 2.05) is 18.2 Å². The van der Waals surface area contributed by atoms with Crippen molar-refractivity contribution in [3.8, 4) is 23.0 Å². The van der Waals surface area contributed by atoms with Gasteiger partial charge in [0.2, 0.25) is 11.7 Å². The minimum Gasteiger partial charge on any atom is -0.494 e. The fraction of sp³-hybridized carbons (Fsp3) is 0.395. The number of carbonyl (C=O) groups is 1. The molecule has 1 N–H and O–H groups in total. The molecule has 0 bridgehead atoms. The molecule has 1 unspecified atom stereocenters. The number of para-hydroxylation sites is 2. The maximum absolute atomic E-state index is 14.7. The van der Waals surface area contributed by atoms with E-state index in [1.165, 1.54) is 45.6 Å². The summed E-state index contributed by atoms with van der Waals surface area (Å²) in [5, 5.41) is 3.72. The smallest absolute Gasteiger partial charge is 0.254 e. The second-order valence-corrected chi connectivity index (χ2v) is 14.5. The van der Waals surface area contributed by atoms with Crippen LogP contribution in [0.15, 0.2) is 78.9 Å². The number of benzene rings is 4. The van der Waals surface area contributed by atoms with Crippen LogP contribution in [0.5, 0.6) is 23.0 Å². The number of likely N-dealkylation sites (tertiary alicyclic amines) is 2. The van der Waals surface area contributed by atoms with Gasteiger partial charge >= 0.3 is 0 Å². The highest BCUT2D eigenvalue weighted by Gasteiger charge is 2.42. The van der Waals surface area contributed by atoms with E-state index in [0.717, 1.165) is 55.9 Å². The Bertz CT molecular complexity index is 2110. The van der Waals surface area contributed by atoms with Gasteiger partial charge in [-0.2, -0.15) is 0 Å². The molecule has 3 heterocycles. The van der Waals surface area contributed by atoms with Crippen LogP contribution in [0.3, 0.4) is 0 Å². The molecule has 0 saturated carbocycles. The predicted octanol–water partition coefficient (Wildman–Crippen LogP) is 7.70. The van der Waals surface area contributed by atoms with Crippen LogP contribution in [0.25, 0.3) is 11.0 Å². The minimum atomic E-state index is -0.895. The summed E-state index contributed by atoms with van der Waals surface area (Å²) in [5.74, 6) is 0.331. The number of imidazole rings is 1. The fourth-order valence-electron chi connectivity index (χ4n) is 8.05. The molecular formula is C43H48F3N5O5. The summed E-state index contributed by atoms with van der Waals surface area (Å²) >= 11 is 0. The molecule has 2 aliphatic rings. The molecule has 0 radical (unpaired) electrons. The van der Waals surface area contributed by atoms with Gasteiger partial charge in [0, 0.05) is 49.7 Å². The van der Waals surface area contributed by atoms with E-state index in [9.17, 15) is 18.0 Å². The highest BCUT2D eigenvalue weighted by molar-refractivity contribution is 5.96. The molecular weight excluding hydrogens is 723 g/mol. The Balaban J connectivity index is 0.994. The third kappa shape index (κ3) is 8.37. The normalized spacial score (nSPS) is 17.6. The lowest BCUT2D eigenvalue weighted by Gasteiger charge is -2.36. The fourth-order valence-corrected chi connectivity index (χ4v) is 8.05. The zero-order valence-electron chi connectivity index (χ0n) is 32.0. The number of nitrogens with zero attached hydrogens (tertiary/aromatic N) is 4. The molecule has 2 saturated heterocycles. The number of piperidine rings is 1. The van der Waals surface area contributed by atoms with E-state index in [0.29, 0.717) is 73.2 Å². The Morgan fingerprint density at radius 3 is 2.29 bits per heavy atom. The van der Waals surface area contributed by atoms with Gasteiger partial charge in [-0.3, -0.25) is 4.79 Å². The Hall–Kier alpha value is -5.43. The van der Waals surface area contributed by atoms with Crippen molar-refractivity contribution in [1.29, 1.82) is 0 Å². The van der Waals surface area contributed by atoms with Crippen molar-refractivity contribution in [2.75, 3.05) is 66.0 Å². The first-order valence-electron chi connectivity index (χ1n) is 19.1. The lowest BCUT2D eigenvalue weighted by Crippen LogP contribution is -2.42. The van der Waals surface area contributed by atoms with Crippen molar-refractivity contribution in [3.63, 3.8) is 0 Å². The summed E-state index contributed by atoms with van der Waals surface area (Å²) in [6, 6.07) is 21.7. The number of nitrogens with one attached hydrogen (secondary N) is 1. The first-order chi connectivity index (χ1) is 27.2. The van der Waals surface area contributed by atoms with E-state index in [2.05, 4.69) is 20.9 Å². The molecule has 13 heteroatoms. The zero-order valence-corrected chi connectivity index (χ0v) is 32.0. The lowest BCUT2D eigenvalue weighted by atomic mass is 9.76. The molecule has 296 valence electrons. The largest absolute Gasteiger partial charge is 0.494 e. The minimum absolute atomic E-state index is 0.202. The Morgan fingerprint density at radius 1 is 0.857 bits per heavy atom. The standard InChI is InChI=1S/C43H48F3N5O5/c1-53-38-25-29(26-39(54-2)40(38)55-3)41(52)50-23-18-43(28-50,30-9-14-34(45)35(46)27-30)17-22-49-20-15-32(16-21-49)47-42-48-36-7-4-5-8-37(36)51(42)19-6-24-56-33-12-10-31(44)11-13-33/h4-5,7-14,25-27,32H,6,15-24,28H2,1-3H3,(H,47,48). The summed E-state index contributed by atoms with van der Waals surface area (Å²) in [4.78, 5) is 23.1. The molecule has 1 aromatic heterocycles. The van der Waals surface area contributed by atoms with Crippen LogP contribution < -0.4 is 24.3 Å². The Morgan fingerprint density at radius 2 is 1.59 bits per heavy atom. The van der Waals surface area contributed by atoms with Crippen LogP contribution in [0.4, 0.5) is 19.1 Å². The number of methoxy groups -OCH3 is 3. The van der Waals surface area contributed by atoms with Crippen LogP contribution in [-0.2, 0) is 12.0 Å². The van der Waals surface area contributed by atoms with Crippen LogP contribution >= 0.6 is 0 Å². The molecule has 0 aliphatic carbocycles. The summed E-state index contributed by atoms with van der Waals surface area (Å²) in [6.45, 7) is 4.45. The first kappa shape index (κ1) is 38.8. The van der Waals surface area contributed by atoms with Gasteiger partial charge in [-0.25, -0.2) is 18.2 Å². The zero-order chi connectivity index (χ0) is 39.2.